The maximum Gasteiger partial charge on any atom is 0.408 e. The second-order valence-corrected chi connectivity index (χ2v) is 9.53. The number of nitrogens with one attached hydrogen (secondary N) is 2. The van der Waals surface area contributed by atoms with Crippen LogP contribution in [0.3, 0.4) is 0 Å². The van der Waals surface area contributed by atoms with Crippen molar-refractivity contribution >= 4 is 18.0 Å². The van der Waals surface area contributed by atoms with Gasteiger partial charge in [0.1, 0.15) is 18.9 Å². The monoisotopic (exact) mass is 537 g/mol. The number of alkyl carbamates (subject to hydrolysis) is 1. The molecule has 0 fully saturated rings. The molecular formula is C29H35N3O7. The number of hydrogen-bond donors (Lipinski definition) is 3. The normalized spacial score (nSPS) is 13.3. The number of carbonyl (C=O) groups excluding carboxylic acids is 3. The zero-order valence-corrected chi connectivity index (χ0v) is 22.3. The Morgan fingerprint density at radius 1 is 0.974 bits per heavy atom. The van der Waals surface area contributed by atoms with Crippen LogP contribution in [0.2, 0.25) is 0 Å². The molecule has 0 spiro atoms. The first kappa shape index (κ1) is 29.4. The molecule has 3 atom stereocenters. The average molecular weight is 538 g/mol. The van der Waals surface area contributed by atoms with Crippen molar-refractivity contribution in [1.29, 1.82) is 0 Å². The van der Waals surface area contributed by atoms with E-state index in [1.54, 1.807) is 0 Å². The molecule has 3 aromatic rings. The third-order valence-corrected chi connectivity index (χ3v) is 5.99. The fourth-order valence-electron chi connectivity index (χ4n) is 3.96. The molecule has 208 valence electrons. The Balaban J connectivity index is 1.72. The van der Waals surface area contributed by atoms with E-state index in [4.69, 9.17) is 9.15 Å². The van der Waals surface area contributed by atoms with Crippen molar-refractivity contribution in [2.45, 2.75) is 57.9 Å². The highest BCUT2D eigenvalue weighted by Gasteiger charge is 2.31. The van der Waals surface area contributed by atoms with Crippen LogP contribution in [0, 0.1) is 5.92 Å². The average Bonchev–Trinajstić information content (AvgIpc) is 3.44. The molecule has 0 bridgehead atoms. The van der Waals surface area contributed by atoms with Crippen LogP contribution in [0.15, 0.2) is 71.3 Å². The van der Waals surface area contributed by atoms with Crippen LogP contribution < -0.4 is 10.6 Å². The number of methoxy groups -OCH3 is 1. The van der Waals surface area contributed by atoms with Gasteiger partial charge >= 0.3 is 12.1 Å². The predicted octanol–water partition coefficient (Wildman–Crippen LogP) is 3.95. The Bertz CT molecular complexity index is 1200. The fraction of sp³-hybridized carbons (Fsp3) is 0.379. The Kier molecular flexibility index (Phi) is 11.1. The lowest BCUT2D eigenvalue weighted by Crippen LogP contribution is -2.51. The molecule has 3 rings (SSSR count). The number of esters is 1. The lowest BCUT2D eigenvalue weighted by molar-refractivity contribution is -0.125. The summed E-state index contributed by atoms with van der Waals surface area (Å²) in [6.07, 6.45) is 0.220. The predicted molar refractivity (Wildman–Crippen MR) is 143 cm³/mol. The highest BCUT2D eigenvalue weighted by molar-refractivity contribution is 5.87. The van der Waals surface area contributed by atoms with E-state index in [1.807, 2.05) is 74.5 Å². The molecule has 0 radical (unpaired) electrons. The Hall–Kier alpha value is -4.18. The third kappa shape index (κ3) is 9.26. The minimum atomic E-state index is -1.36. The van der Waals surface area contributed by atoms with E-state index in [0.29, 0.717) is 19.3 Å². The van der Waals surface area contributed by atoms with Gasteiger partial charge in [-0.3, -0.25) is 4.79 Å². The first-order chi connectivity index (χ1) is 18.8. The van der Waals surface area contributed by atoms with E-state index < -0.39 is 36.2 Å². The van der Waals surface area contributed by atoms with Crippen molar-refractivity contribution in [2.24, 2.45) is 5.92 Å². The number of rotatable bonds is 13. The molecule has 0 aliphatic heterocycles. The molecule has 2 aromatic carbocycles. The summed E-state index contributed by atoms with van der Waals surface area (Å²) in [5.41, 5.74) is 1.73. The summed E-state index contributed by atoms with van der Waals surface area (Å²) in [4.78, 5) is 41.7. The number of carbonyl (C=O) groups is 3. The molecule has 2 amide bonds. The standard InChI is InChI=1S/C29H35N3O7/c1-19(2)16-23(32-29(36)39-17-21-12-8-5-9-13-21)26(34)30-22(15-14-20-10-6-4-7-11-20)25(33)27-31-24(18-38-27)28(35)37-3/h4-13,18-19,22-23,25,33H,14-17H2,1-3H3,(H,30,34)(H,32,36)/t22-,23-,25?/m0/s1. The molecule has 1 aromatic heterocycles. The van der Waals surface area contributed by atoms with Gasteiger partial charge < -0.3 is 29.6 Å². The number of aryl methyl sites for hydroxylation is 1. The lowest BCUT2D eigenvalue weighted by atomic mass is 9.99. The summed E-state index contributed by atoms with van der Waals surface area (Å²) in [5, 5.41) is 16.6. The summed E-state index contributed by atoms with van der Waals surface area (Å²) < 4.78 is 15.3. The van der Waals surface area contributed by atoms with E-state index >= 15 is 0 Å². The number of nitrogens with zero attached hydrogens (tertiary/aromatic N) is 1. The van der Waals surface area contributed by atoms with Crippen LogP contribution in [0.1, 0.15) is 60.3 Å². The number of aromatic nitrogens is 1. The van der Waals surface area contributed by atoms with E-state index in [1.165, 1.54) is 7.11 Å². The SMILES string of the molecule is COC(=O)c1coc(C(O)[C@H](CCc2ccccc2)NC(=O)[C@H](CC(C)C)NC(=O)OCc2ccccc2)n1. The molecule has 10 nitrogen and oxygen atoms in total. The highest BCUT2D eigenvalue weighted by atomic mass is 16.5. The molecule has 1 heterocycles. The number of amides is 2. The van der Waals surface area contributed by atoms with Gasteiger partial charge in [-0.2, -0.15) is 0 Å². The summed E-state index contributed by atoms with van der Waals surface area (Å²) in [6, 6.07) is 17.1. The second-order valence-electron chi connectivity index (χ2n) is 9.53. The van der Waals surface area contributed by atoms with E-state index in [2.05, 4.69) is 20.4 Å². The van der Waals surface area contributed by atoms with Crippen LogP contribution in [-0.4, -0.2) is 47.3 Å². The van der Waals surface area contributed by atoms with Crippen LogP contribution >= 0.6 is 0 Å². The number of aliphatic hydroxyl groups excluding tert-OH is 1. The smallest absolute Gasteiger partial charge is 0.408 e. The van der Waals surface area contributed by atoms with Crippen LogP contribution in [0.25, 0.3) is 0 Å². The molecule has 0 aliphatic rings. The van der Waals surface area contributed by atoms with Gasteiger partial charge in [-0.25, -0.2) is 14.6 Å². The summed E-state index contributed by atoms with van der Waals surface area (Å²) in [7, 11) is 1.21. The van der Waals surface area contributed by atoms with Crippen LogP contribution in [0.5, 0.6) is 0 Å². The largest absolute Gasteiger partial charge is 0.464 e. The maximum atomic E-state index is 13.4. The Morgan fingerprint density at radius 3 is 2.23 bits per heavy atom. The van der Waals surface area contributed by atoms with E-state index in [9.17, 15) is 19.5 Å². The molecule has 39 heavy (non-hydrogen) atoms. The minimum Gasteiger partial charge on any atom is -0.464 e. The number of aliphatic hydroxyl groups is 1. The summed E-state index contributed by atoms with van der Waals surface area (Å²) in [6.45, 7) is 3.92. The van der Waals surface area contributed by atoms with Crippen molar-refractivity contribution in [3.63, 3.8) is 0 Å². The zero-order chi connectivity index (χ0) is 28.2. The molecule has 0 aliphatic carbocycles. The lowest BCUT2D eigenvalue weighted by Gasteiger charge is -2.26. The van der Waals surface area contributed by atoms with Crippen molar-refractivity contribution < 1.29 is 33.4 Å². The minimum absolute atomic E-state index is 0.0633. The highest BCUT2D eigenvalue weighted by Crippen LogP contribution is 2.21. The molecule has 1 unspecified atom stereocenters. The van der Waals surface area contributed by atoms with Gasteiger partial charge in [0.2, 0.25) is 11.8 Å². The van der Waals surface area contributed by atoms with Crippen molar-refractivity contribution in [1.82, 2.24) is 15.6 Å². The van der Waals surface area contributed by atoms with Crippen molar-refractivity contribution in [2.75, 3.05) is 7.11 Å². The Morgan fingerprint density at radius 2 is 1.62 bits per heavy atom. The van der Waals surface area contributed by atoms with Gasteiger partial charge in [0.25, 0.3) is 0 Å². The van der Waals surface area contributed by atoms with Crippen LogP contribution in [0.4, 0.5) is 4.79 Å². The van der Waals surface area contributed by atoms with Gasteiger partial charge in [0.15, 0.2) is 11.8 Å². The zero-order valence-electron chi connectivity index (χ0n) is 22.3. The quantitative estimate of drug-likeness (QED) is 0.279. The number of benzene rings is 2. The first-order valence-electron chi connectivity index (χ1n) is 12.8. The van der Waals surface area contributed by atoms with Crippen molar-refractivity contribution in [3.8, 4) is 0 Å². The molecule has 0 saturated carbocycles. The van der Waals surface area contributed by atoms with E-state index in [-0.39, 0.29) is 24.1 Å². The van der Waals surface area contributed by atoms with Gasteiger partial charge in [0.05, 0.1) is 13.2 Å². The third-order valence-electron chi connectivity index (χ3n) is 5.99. The summed E-state index contributed by atoms with van der Waals surface area (Å²) >= 11 is 0. The van der Waals surface area contributed by atoms with Gasteiger partial charge in [0, 0.05) is 0 Å². The first-order valence-corrected chi connectivity index (χ1v) is 12.8. The topological polar surface area (TPSA) is 140 Å². The van der Waals surface area contributed by atoms with Gasteiger partial charge in [-0.05, 0) is 36.3 Å². The molecule has 3 N–H and O–H groups in total. The second kappa shape index (κ2) is 14.7. The number of ether oxygens (including phenoxy) is 2. The molecule has 10 heteroatoms. The Labute approximate surface area is 227 Å². The number of oxazole rings is 1. The maximum absolute atomic E-state index is 13.4. The number of hydrogen-bond acceptors (Lipinski definition) is 8. The van der Waals surface area contributed by atoms with Gasteiger partial charge in [-0.15, -0.1) is 0 Å². The molecular weight excluding hydrogens is 502 g/mol. The fourth-order valence-corrected chi connectivity index (χ4v) is 3.96. The molecule has 0 saturated heterocycles. The van der Waals surface area contributed by atoms with Crippen LogP contribution in [-0.2, 0) is 27.3 Å². The van der Waals surface area contributed by atoms with Crippen molar-refractivity contribution in [3.05, 3.63) is 89.6 Å². The van der Waals surface area contributed by atoms with E-state index in [0.717, 1.165) is 17.4 Å². The van der Waals surface area contributed by atoms with Gasteiger partial charge in [-0.1, -0.05) is 74.5 Å². The summed E-state index contributed by atoms with van der Waals surface area (Å²) in [5.74, 6) is -1.25.